The molecule has 3 amide bonds. The molecule has 4 N–H and O–H groups in total. The molecule has 0 radical (unpaired) electrons. The number of carbonyl (C=O) groups is 2. The zero-order chi connectivity index (χ0) is 21.3. The summed E-state index contributed by atoms with van der Waals surface area (Å²) in [6, 6.07) is 11.5. The molecule has 2 aromatic carbocycles. The molecule has 1 saturated heterocycles. The van der Waals surface area contributed by atoms with Crippen LogP contribution in [0.1, 0.15) is 11.1 Å². The molecule has 0 unspecified atom stereocenters. The maximum Gasteiger partial charge on any atom is 0.323 e. The van der Waals surface area contributed by atoms with Gasteiger partial charge in [-0.2, -0.15) is 0 Å². The zero-order valence-corrected chi connectivity index (χ0v) is 16.1. The number of benzene rings is 2. The van der Waals surface area contributed by atoms with Crippen molar-refractivity contribution < 1.29 is 24.5 Å². The van der Waals surface area contributed by atoms with Crippen molar-refractivity contribution in [1.82, 2.24) is 15.2 Å². The number of aromatic hydroxyl groups is 1. The van der Waals surface area contributed by atoms with E-state index >= 15 is 0 Å². The number of nitrogens with one attached hydrogen (secondary N) is 2. The van der Waals surface area contributed by atoms with Crippen molar-refractivity contribution in [3.05, 3.63) is 59.8 Å². The Labute approximate surface area is 172 Å². The van der Waals surface area contributed by atoms with Crippen molar-refractivity contribution in [1.29, 1.82) is 0 Å². The second-order valence-electron chi connectivity index (χ2n) is 6.96. The number of aliphatic hydroxyl groups is 1. The van der Waals surface area contributed by atoms with Crippen molar-refractivity contribution in [2.45, 2.75) is 18.7 Å². The first-order valence-corrected chi connectivity index (χ1v) is 9.16. The maximum absolute atomic E-state index is 12.6. The number of ether oxygens (including phenoxy) is 1. The molecule has 152 valence electrons. The fourth-order valence-electron chi connectivity index (χ4n) is 3.39. The number of carbonyl (C=O) groups excluding carboxylic acids is 2. The number of amides is 3. The number of urea groups is 1. The van der Waals surface area contributed by atoms with Crippen LogP contribution in [0.2, 0.25) is 0 Å². The van der Waals surface area contributed by atoms with Gasteiger partial charge >= 0.3 is 6.03 Å². The Kier molecular flexibility index (Phi) is 4.82. The minimum atomic E-state index is -1.57. The normalized spacial score (nSPS) is 17.9. The fourth-order valence-corrected chi connectivity index (χ4v) is 3.39. The van der Waals surface area contributed by atoms with Gasteiger partial charge in [0.05, 0.1) is 20.3 Å². The highest BCUT2D eigenvalue weighted by Crippen LogP contribution is 2.31. The highest BCUT2D eigenvalue weighted by molar-refractivity contribution is 6.09. The standard InChI is InChI=1S/C22H19N3O5/c1-30-17-6-5-16-11-25(19(27)18(16)10-17)13-22(20(28)23-21(29)24-22)8-7-14-3-2-4-15(9-14)12-26/h2-6,9-11,26-27H,12-13H2,1H3,(H2,23,24,28,29)/t22-/m1/s1. The van der Waals surface area contributed by atoms with Gasteiger partial charge in [-0.15, -0.1) is 0 Å². The van der Waals surface area contributed by atoms with Crippen molar-refractivity contribution >= 4 is 22.7 Å². The van der Waals surface area contributed by atoms with Crippen LogP contribution in [0.5, 0.6) is 11.6 Å². The lowest BCUT2D eigenvalue weighted by Crippen LogP contribution is -2.49. The molecule has 0 aliphatic carbocycles. The SMILES string of the molecule is COc1ccc2cn(C[C@@]3(C#Cc4cccc(CO)c4)NC(=O)NC3=O)c(O)c2c1. The van der Waals surface area contributed by atoms with Crippen LogP contribution in [0.25, 0.3) is 10.8 Å². The molecule has 30 heavy (non-hydrogen) atoms. The number of hydrogen-bond acceptors (Lipinski definition) is 5. The minimum Gasteiger partial charge on any atom is -0.497 e. The van der Waals surface area contributed by atoms with E-state index in [-0.39, 0.29) is 19.0 Å². The predicted molar refractivity (Wildman–Crippen MR) is 109 cm³/mol. The Morgan fingerprint density at radius 2 is 2.03 bits per heavy atom. The van der Waals surface area contributed by atoms with E-state index in [1.807, 2.05) is 0 Å². The number of aliphatic hydroxyl groups excluding tert-OH is 1. The molecule has 3 aromatic rings. The van der Waals surface area contributed by atoms with Crippen LogP contribution in [0.4, 0.5) is 4.79 Å². The summed E-state index contributed by atoms with van der Waals surface area (Å²) < 4.78 is 6.66. The van der Waals surface area contributed by atoms with Crippen molar-refractivity contribution in [3.8, 4) is 23.5 Å². The number of imide groups is 1. The average molecular weight is 405 g/mol. The Morgan fingerprint density at radius 3 is 2.73 bits per heavy atom. The van der Waals surface area contributed by atoms with Gasteiger partial charge in [0.1, 0.15) is 5.75 Å². The third kappa shape index (κ3) is 3.43. The summed E-state index contributed by atoms with van der Waals surface area (Å²) in [5, 5.41) is 26.1. The van der Waals surface area contributed by atoms with Crippen LogP contribution in [0.15, 0.2) is 48.7 Å². The summed E-state index contributed by atoms with van der Waals surface area (Å²) in [6.07, 6.45) is 1.68. The summed E-state index contributed by atoms with van der Waals surface area (Å²) in [5.74, 6) is 5.66. The number of fused-ring (bicyclic) bond motifs is 1. The van der Waals surface area contributed by atoms with E-state index in [0.717, 1.165) is 5.39 Å². The molecule has 0 bridgehead atoms. The Hall–Kier alpha value is -3.96. The second-order valence-corrected chi connectivity index (χ2v) is 6.96. The number of nitrogens with zero attached hydrogens (tertiary/aromatic N) is 1. The first-order chi connectivity index (χ1) is 14.4. The predicted octanol–water partition coefficient (Wildman–Crippen LogP) is 1.48. The fraction of sp³-hybridized carbons (Fsp3) is 0.182. The van der Waals surface area contributed by atoms with Gasteiger partial charge in [-0.25, -0.2) is 4.79 Å². The summed E-state index contributed by atoms with van der Waals surface area (Å²) in [5.41, 5.74) is -0.302. The molecule has 0 spiro atoms. The van der Waals surface area contributed by atoms with E-state index in [9.17, 15) is 19.8 Å². The monoisotopic (exact) mass is 405 g/mol. The molecule has 1 aromatic heterocycles. The van der Waals surface area contributed by atoms with Gasteiger partial charge in [-0.05, 0) is 35.9 Å². The number of methoxy groups -OCH3 is 1. The summed E-state index contributed by atoms with van der Waals surface area (Å²) in [6.45, 7) is -0.231. The summed E-state index contributed by atoms with van der Waals surface area (Å²) in [7, 11) is 1.53. The van der Waals surface area contributed by atoms with Gasteiger partial charge in [0.2, 0.25) is 5.54 Å². The number of rotatable bonds is 4. The minimum absolute atomic E-state index is 0.0682. The average Bonchev–Trinajstić information content (AvgIpc) is 3.21. The number of hydrogen-bond donors (Lipinski definition) is 4. The van der Waals surface area contributed by atoms with Gasteiger partial charge in [0, 0.05) is 22.5 Å². The first kappa shape index (κ1) is 19.4. The third-order valence-corrected chi connectivity index (χ3v) is 4.95. The van der Waals surface area contributed by atoms with E-state index < -0.39 is 17.5 Å². The van der Waals surface area contributed by atoms with Crippen LogP contribution in [0, 0.1) is 11.8 Å². The van der Waals surface area contributed by atoms with E-state index in [1.165, 1.54) is 11.7 Å². The van der Waals surface area contributed by atoms with Gasteiger partial charge < -0.3 is 24.8 Å². The quantitative estimate of drug-likeness (QED) is 0.388. The summed E-state index contributed by atoms with van der Waals surface area (Å²) >= 11 is 0. The van der Waals surface area contributed by atoms with Gasteiger partial charge in [0.25, 0.3) is 5.91 Å². The van der Waals surface area contributed by atoms with Crippen LogP contribution < -0.4 is 15.4 Å². The lowest BCUT2D eigenvalue weighted by atomic mass is 9.99. The Morgan fingerprint density at radius 1 is 1.20 bits per heavy atom. The molecule has 4 rings (SSSR count). The molecule has 1 aliphatic heterocycles. The molecule has 2 heterocycles. The van der Waals surface area contributed by atoms with E-state index in [2.05, 4.69) is 22.5 Å². The largest absolute Gasteiger partial charge is 0.497 e. The third-order valence-electron chi connectivity index (χ3n) is 4.95. The summed E-state index contributed by atoms with van der Waals surface area (Å²) in [4.78, 5) is 24.5. The molecule has 8 nitrogen and oxygen atoms in total. The van der Waals surface area contributed by atoms with Gasteiger partial charge in [-0.3, -0.25) is 10.1 Å². The van der Waals surface area contributed by atoms with Crippen LogP contribution in [-0.4, -0.2) is 39.4 Å². The highest BCUT2D eigenvalue weighted by Gasteiger charge is 2.46. The van der Waals surface area contributed by atoms with Crippen molar-refractivity contribution in [2.75, 3.05) is 7.11 Å². The Bertz CT molecular complexity index is 1220. The maximum atomic E-state index is 12.6. The Balaban J connectivity index is 1.75. The molecule has 1 fully saturated rings. The molecular weight excluding hydrogens is 386 g/mol. The molecular formula is C22H19N3O5. The van der Waals surface area contributed by atoms with Crippen LogP contribution >= 0.6 is 0 Å². The zero-order valence-electron chi connectivity index (χ0n) is 16.1. The van der Waals surface area contributed by atoms with Crippen molar-refractivity contribution in [3.63, 3.8) is 0 Å². The first-order valence-electron chi connectivity index (χ1n) is 9.16. The topological polar surface area (TPSA) is 113 Å². The van der Waals surface area contributed by atoms with Gasteiger partial charge in [0.15, 0.2) is 5.88 Å². The van der Waals surface area contributed by atoms with E-state index in [4.69, 9.17) is 4.74 Å². The van der Waals surface area contributed by atoms with Crippen molar-refractivity contribution in [2.24, 2.45) is 0 Å². The van der Waals surface area contributed by atoms with E-state index in [0.29, 0.717) is 22.3 Å². The molecule has 0 saturated carbocycles. The molecule has 1 aliphatic rings. The van der Waals surface area contributed by atoms with Crippen LogP contribution in [-0.2, 0) is 17.9 Å². The second kappa shape index (κ2) is 7.46. The lowest BCUT2D eigenvalue weighted by Gasteiger charge is -2.20. The van der Waals surface area contributed by atoms with E-state index in [1.54, 1.807) is 48.7 Å². The number of aromatic nitrogens is 1. The highest BCUT2D eigenvalue weighted by atomic mass is 16.5. The van der Waals surface area contributed by atoms with Gasteiger partial charge in [-0.1, -0.05) is 24.0 Å². The lowest BCUT2D eigenvalue weighted by molar-refractivity contribution is -0.122. The van der Waals surface area contributed by atoms with Crippen LogP contribution in [0.3, 0.4) is 0 Å². The smallest absolute Gasteiger partial charge is 0.323 e. The molecule has 8 heteroatoms. The molecule has 1 atom stereocenters.